The van der Waals surface area contributed by atoms with Gasteiger partial charge in [0.15, 0.2) is 0 Å². The topological polar surface area (TPSA) is 93.9 Å². The Kier molecular flexibility index (Phi) is 5.61. The Morgan fingerprint density at radius 1 is 1.22 bits per heavy atom. The zero-order valence-electron chi connectivity index (χ0n) is 13.6. The molecule has 7 heteroatoms. The molecule has 1 amide bonds. The Morgan fingerprint density at radius 2 is 1.78 bits per heavy atom. The Balaban J connectivity index is 2.00. The summed E-state index contributed by atoms with van der Waals surface area (Å²) >= 11 is 0. The van der Waals surface area contributed by atoms with Crippen molar-refractivity contribution in [2.45, 2.75) is 38.9 Å². The molecule has 2 heterocycles. The number of morpholine rings is 1. The van der Waals surface area contributed by atoms with E-state index in [4.69, 9.17) is 9.84 Å². The number of aliphatic carboxylic acids is 1. The highest BCUT2D eigenvalue weighted by Crippen LogP contribution is 2.19. The van der Waals surface area contributed by atoms with Crippen molar-refractivity contribution < 1.29 is 19.4 Å². The van der Waals surface area contributed by atoms with E-state index in [2.05, 4.69) is 0 Å². The Bertz CT molecular complexity index is 522. The highest BCUT2D eigenvalue weighted by molar-refractivity contribution is 5.97. The molecule has 2 unspecified atom stereocenters. The number of likely N-dealkylation sites (tertiary alicyclic amines) is 1. The Labute approximate surface area is 136 Å². The van der Waals surface area contributed by atoms with Gasteiger partial charge in [-0.05, 0) is 26.7 Å². The first-order valence-corrected chi connectivity index (χ1v) is 7.94. The Morgan fingerprint density at radius 3 is 2.26 bits per heavy atom. The molecule has 0 aromatic carbocycles. The lowest BCUT2D eigenvalue weighted by atomic mass is 9.97. The number of amides is 1. The van der Waals surface area contributed by atoms with Crippen LogP contribution >= 0.6 is 0 Å². The van der Waals surface area contributed by atoms with Crippen molar-refractivity contribution in [2.75, 3.05) is 26.2 Å². The minimum Gasteiger partial charge on any atom is -0.481 e. The summed E-state index contributed by atoms with van der Waals surface area (Å²) in [4.78, 5) is 27.0. The van der Waals surface area contributed by atoms with Crippen LogP contribution in [-0.2, 0) is 14.3 Å². The molecular formula is C16H23N3O4. The van der Waals surface area contributed by atoms with E-state index in [0.29, 0.717) is 39.0 Å². The minimum atomic E-state index is -0.776. The molecule has 0 aromatic heterocycles. The second-order valence-electron chi connectivity index (χ2n) is 6.27. The number of carboxylic acid groups (broad SMARTS) is 1. The van der Waals surface area contributed by atoms with E-state index in [1.807, 2.05) is 24.8 Å². The minimum absolute atomic E-state index is 0.0473. The van der Waals surface area contributed by atoms with Gasteiger partial charge in [-0.15, -0.1) is 0 Å². The normalized spacial score (nSPS) is 26.7. The first kappa shape index (κ1) is 17.3. The number of hydrogen-bond donors (Lipinski definition) is 1. The summed E-state index contributed by atoms with van der Waals surface area (Å²) in [5.41, 5.74) is 0.0973. The van der Waals surface area contributed by atoms with Gasteiger partial charge in [-0.2, -0.15) is 5.26 Å². The van der Waals surface area contributed by atoms with E-state index in [1.165, 1.54) is 0 Å². The molecular weight excluding hydrogens is 298 g/mol. The molecule has 0 radical (unpaired) electrons. The van der Waals surface area contributed by atoms with Crippen molar-refractivity contribution in [3.8, 4) is 6.07 Å². The van der Waals surface area contributed by atoms with Crippen LogP contribution < -0.4 is 0 Å². The van der Waals surface area contributed by atoms with E-state index in [0.717, 1.165) is 0 Å². The van der Waals surface area contributed by atoms with Crippen molar-refractivity contribution in [1.29, 1.82) is 5.26 Å². The molecule has 2 rings (SSSR count). The number of carbonyl (C=O) groups excluding carboxylic acids is 1. The highest BCUT2D eigenvalue weighted by Gasteiger charge is 2.29. The molecule has 126 valence electrons. The number of nitrogens with zero attached hydrogens (tertiary/aromatic N) is 3. The summed E-state index contributed by atoms with van der Waals surface area (Å²) in [6.45, 7) is 5.86. The number of rotatable bonds is 3. The average molecular weight is 321 g/mol. The zero-order valence-corrected chi connectivity index (χ0v) is 13.6. The number of carbonyl (C=O) groups is 2. The average Bonchev–Trinajstić information content (AvgIpc) is 2.51. The third kappa shape index (κ3) is 4.45. The van der Waals surface area contributed by atoms with Gasteiger partial charge in [0.1, 0.15) is 11.6 Å². The second-order valence-corrected chi connectivity index (χ2v) is 6.27. The lowest BCUT2D eigenvalue weighted by molar-refractivity contribution is -0.143. The van der Waals surface area contributed by atoms with Crippen molar-refractivity contribution in [3.05, 3.63) is 11.8 Å². The second kappa shape index (κ2) is 7.47. The van der Waals surface area contributed by atoms with Crippen LogP contribution in [0.15, 0.2) is 11.8 Å². The van der Waals surface area contributed by atoms with Crippen LogP contribution in [0.3, 0.4) is 0 Å². The number of piperidine rings is 1. The van der Waals surface area contributed by atoms with Crippen molar-refractivity contribution >= 4 is 11.9 Å². The van der Waals surface area contributed by atoms with E-state index in [-0.39, 0.29) is 29.6 Å². The summed E-state index contributed by atoms with van der Waals surface area (Å²) in [6, 6.07) is 1.98. The summed E-state index contributed by atoms with van der Waals surface area (Å²) in [5.74, 6) is -1.39. The molecule has 0 aromatic rings. The molecule has 0 saturated carbocycles. The fourth-order valence-corrected chi connectivity index (χ4v) is 3.10. The van der Waals surface area contributed by atoms with Gasteiger partial charge in [0.25, 0.3) is 5.91 Å². The van der Waals surface area contributed by atoms with Crippen LogP contribution in [0.5, 0.6) is 0 Å². The van der Waals surface area contributed by atoms with E-state index in [1.54, 1.807) is 11.1 Å². The zero-order chi connectivity index (χ0) is 17.0. The maximum atomic E-state index is 12.5. The highest BCUT2D eigenvalue weighted by atomic mass is 16.5. The van der Waals surface area contributed by atoms with Crippen LogP contribution in [0.4, 0.5) is 0 Å². The quantitative estimate of drug-likeness (QED) is 0.611. The van der Waals surface area contributed by atoms with Crippen LogP contribution in [-0.4, -0.2) is 65.2 Å². The molecule has 0 spiro atoms. The van der Waals surface area contributed by atoms with E-state index in [9.17, 15) is 14.9 Å². The number of hydrogen-bond acceptors (Lipinski definition) is 5. The smallest absolute Gasteiger partial charge is 0.306 e. The van der Waals surface area contributed by atoms with Crippen molar-refractivity contribution in [2.24, 2.45) is 5.92 Å². The lowest BCUT2D eigenvalue weighted by Gasteiger charge is -2.35. The number of ether oxygens (including phenoxy) is 1. The maximum Gasteiger partial charge on any atom is 0.306 e. The SMILES string of the molecule is CC1CN(C(=O)/C(C#N)=C\N2CCC(C(=O)O)CC2)CC(C)O1. The number of carboxylic acids is 1. The molecule has 0 aliphatic carbocycles. The summed E-state index contributed by atoms with van der Waals surface area (Å²) in [7, 11) is 0. The molecule has 7 nitrogen and oxygen atoms in total. The van der Waals surface area contributed by atoms with E-state index < -0.39 is 5.97 Å². The fraction of sp³-hybridized carbons (Fsp3) is 0.688. The van der Waals surface area contributed by atoms with Crippen LogP contribution in [0.2, 0.25) is 0 Å². The fourth-order valence-electron chi connectivity index (χ4n) is 3.10. The van der Waals surface area contributed by atoms with Crippen LogP contribution in [0.25, 0.3) is 0 Å². The van der Waals surface area contributed by atoms with E-state index >= 15 is 0 Å². The molecule has 2 aliphatic heterocycles. The third-order valence-electron chi connectivity index (χ3n) is 4.25. The predicted molar refractivity (Wildman–Crippen MR) is 82.2 cm³/mol. The van der Waals surface area contributed by atoms with Gasteiger partial charge in [-0.25, -0.2) is 0 Å². The first-order valence-electron chi connectivity index (χ1n) is 7.94. The molecule has 2 fully saturated rings. The van der Waals surface area contributed by atoms with Crippen molar-refractivity contribution in [3.63, 3.8) is 0 Å². The Hall–Kier alpha value is -2.07. The lowest BCUT2D eigenvalue weighted by Crippen LogP contribution is -2.48. The number of nitriles is 1. The third-order valence-corrected chi connectivity index (χ3v) is 4.25. The first-order chi connectivity index (χ1) is 10.9. The van der Waals surface area contributed by atoms with Crippen LogP contribution in [0.1, 0.15) is 26.7 Å². The summed E-state index contributed by atoms with van der Waals surface area (Å²) in [5, 5.41) is 18.3. The molecule has 2 saturated heterocycles. The molecule has 2 atom stereocenters. The monoisotopic (exact) mass is 321 g/mol. The maximum absolute atomic E-state index is 12.5. The molecule has 0 bridgehead atoms. The van der Waals surface area contributed by atoms with Crippen molar-refractivity contribution in [1.82, 2.24) is 9.80 Å². The van der Waals surface area contributed by atoms with Gasteiger partial charge in [0.05, 0.1) is 18.1 Å². The standard InChI is InChI=1S/C16H23N3O4/c1-11-8-19(9-12(2)23-11)15(20)14(7-17)10-18-5-3-13(4-6-18)16(21)22/h10-13H,3-6,8-9H2,1-2H3,(H,21,22)/b14-10-. The molecule has 2 aliphatic rings. The molecule has 23 heavy (non-hydrogen) atoms. The predicted octanol–water partition coefficient (Wildman–Crippen LogP) is 0.826. The summed E-state index contributed by atoms with van der Waals surface area (Å²) in [6.07, 6.45) is 2.54. The van der Waals surface area contributed by atoms with Crippen LogP contribution in [0, 0.1) is 17.2 Å². The van der Waals surface area contributed by atoms with Gasteiger partial charge < -0.3 is 19.6 Å². The largest absolute Gasteiger partial charge is 0.481 e. The van der Waals surface area contributed by atoms with Gasteiger partial charge >= 0.3 is 5.97 Å². The summed E-state index contributed by atoms with van der Waals surface area (Å²) < 4.78 is 5.60. The van der Waals surface area contributed by atoms with Gasteiger partial charge in [-0.1, -0.05) is 0 Å². The molecule has 1 N–H and O–H groups in total. The van der Waals surface area contributed by atoms with Gasteiger partial charge in [0, 0.05) is 32.4 Å². The van der Waals surface area contributed by atoms with Gasteiger partial charge in [-0.3, -0.25) is 9.59 Å². The van der Waals surface area contributed by atoms with Gasteiger partial charge in [0.2, 0.25) is 0 Å².